The minimum Gasteiger partial charge on any atom is -0.495 e. The number of hydrogen-bond acceptors (Lipinski definition) is 5. The van der Waals surface area contributed by atoms with E-state index >= 15 is 0 Å². The first-order valence-corrected chi connectivity index (χ1v) is 13.2. The monoisotopic (exact) mass is 555 g/mol. The Bertz CT molecular complexity index is 1530. The Labute approximate surface area is 235 Å². The molecule has 0 unspecified atom stereocenters. The standard InChI is InChI=1S/C31H26FN3O4S/c1-39-28-13-6-5-12-26(28)34-29(36)20-40-25-11-7-10-24(19-25)33-31(38)27(18-21-14-16-23(32)17-15-21)35-30(37)22-8-3-2-4-9-22/h2-19H,20H2,1H3,(H,33,38)(H,34,36)(H,35,37)/b27-18-. The minimum atomic E-state index is -0.565. The molecule has 0 radical (unpaired) electrons. The van der Waals surface area contributed by atoms with E-state index < -0.39 is 17.6 Å². The van der Waals surface area contributed by atoms with Crippen LogP contribution in [0.2, 0.25) is 0 Å². The summed E-state index contributed by atoms with van der Waals surface area (Å²) >= 11 is 1.30. The SMILES string of the molecule is COc1ccccc1NC(=O)CSc1cccc(NC(=O)/C(=C/c2ccc(F)cc2)NC(=O)c2ccccc2)c1. The van der Waals surface area contributed by atoms with Gasteiger partial charge in [0.1, 0.15) is 17.3 Å². The third-order valence-corrected chi connectivity index (χ3v) is 6.55. The summed E-state index contributed by atoms with van der Waals surface area (Å²) in [6.07, 6.45) is 1.47. The van der Waals surface area contributed by atoms with Crippen LogP contribution in [0.5, 0.6) is 5.75 Å². The number of nitrogens with one attached hydrogen (secondary N) is 3. The Hall–Kier alpha value is -4.89. The van der Waals surface area contributed by atoms with E-state index in [1.807, 2.05) is 12.1 Å². The molecule has 0 saturated heterocycles. The summed E-state index contributed by atoms with van der Waals surface area (Å²) < 4.78 is 18.7. The van der Waals surface area contributed by atoms with Gasteiger partial charge in [0, 0.05) is 16.1 Å². The lowest BCUT2D eigenvalue weighted by atomic mass is 10.1. The predicted molar refractivity (Wildman–Crippen MR) is 156 cm³/mol. The van der Waals surface area contributed by atoms with Crippen LogP contribution >= 0.6 is 11.8 Å². The number of benzene rings is 4. The van der Waals surface area contributed by atoms with E-state index in [1.165, 1.54) is 49.2 Å². The fourth-order valence-corrected chi connectivity index (χ4v) is 4.37. The Balaban J connectivity index is 1.44. The Morgan fingerprint density at radius 1 is 0.850 bits per heavy atom. The van der Waals surface area contributed by atoms with Crippen molar-refractivity contribution in [3.05, 3.63) is 126 Å². The van der Waals surface area contributed by atoms with Crippen LogP contribution in [0.4, 0.5) is 15.8 Å². The van der Waals surface area contributed by atoms with Gasteiger partial charge in [-0.15, -0.1) is 11.8 Å². The number of methoxy groups -OCH3 is 1. The summed E-state index contributed by atoms with van der Waals surface area (Å²) in [5.74, 6) is -0.953. The molecule has 0 fully saturated rings. The van der Waals surface area contributed by atoms with Gasteiger partial charge in [-0.25, -0.2) is 4.39 Å². The highest BCUT2D eigenvalue weighted by Crippen LogP contribution is 2.25. The number of para-hydroxylation sites is 2. The number of carbonyl (C=O) groups excluding carboxylic acids is 3. The first-order chi connectivity index (χ1) is 19.4. The van der Waals surface area contributed by atoms with E-state index in [9.17, 15) is 18.8 Å². The molecule has 0 bridgehead atoms. The first kappa shape index (κ1) is 28.1. The zero-order valence-electron chi connectivity index (χ0n) is 21.5. The summed E-state index contributed by atoms with van der Waals surface area (Å²) in [6.45, 7) is 0. The van der Waals surface area contributed by atoms with E-state index in [-0.39, 0.29) is 17.4 Å². The van der Waals surface area contributed by atoms with Crippen molar-refractivity contribution in [3.8, 4) is 5.75 Å². The molecule has 0 atom stereocenters. The Morgan fingerprint density at radius 2 is 1.57 bits per heavy atom. The Kier molecular flexibility index (Phi) is 9.68. The molecular formula is C31H26FN3O4S. The molecule has 3 amide bonds. The number of anilines is 2. The van der Waals surface area contributed by atoms with Crippen LogP contribution in [0.1, 0.15) is 15.9 Å². The fourth-order valence-electron chi connectivity index (χ4n) is 3.61. The molecule has 0 aliphatic heterocycles. The molecular weight excluding hydrogens is 529 g/mol. The highest BCUT2D eigenvalue weighted by molar-refractivity contribution is 8.00. The number of halogens is 1. The second-order valence-electron chi connectivity index (χ2n) is 8.45. The normalized spacial score (nSPS) is 10.9. The zero-order valence-corrected chi connectivity index (χ0v) is 22.3. The Morgan fingerprint density at radius 3 is 2.33 bits per heavy atom. The van der Waals surface area contributed by atoms with Crippen LogP contribution in [0.15, 0.2) is 114 Å². The second-order valence-corrected chi connectivity index (χ2v) is 9.50. The van der Waals surface area contributed by atoms with Gasteiger partial charge in [0.2, 0.25) is 5.91 Å². The molecule has 202 valence electrons. The lowest BCUT2D eigenvalue weighted by molar-refractivity contribution is -0.114. The lowest BCUT2D eigenvalue weighted by Crippen LogP contribution is -2.30. The summed E-state index contributed by atoms with van der Waals surface area (Å²) in [7, 11) is 1.53. The van der Waals surface area contributed by atoms with Crippen molar-refractivity contribution in [1.29, 1.82) is 0 Å². The van der Waals surface area contributed by atoms with E-state index in [1.54, 1.807) is 66.7 Å². The average Bonchev–Trinajstić information content (AvgIpc) is 2.97. The van der Waals surface area contributed by atoms with Gasteiger partial charge in [0.25, 0.3) is 11.8 Å². The molecule has 4 aromatic rings. The van der Waals surface area contributed by atoms with Crippen LogP contribution < -0.4 is 20.7 Å². The molecule has 40 heavy (non-hydrogen) atoms. The van der Waals surface area contributed by atoms with Crippen LogP contribution in [0.3, 0.4) is 0 Å². The molecule has 0 aliphatic rings. The third-order valence-electron chi connectivity index (χ3n) is 5.55. The molecule has 0 heterocycles. The summed E-state index contributed by atoms with van der Waals surface area (Å²) in [6, 6.07) is 28.2. The average molecular weight is 556 g/mol. The van der Waals surface area contributed by atoms with E-state index in [0.717, 1.165) is 4.90 Å². The number of hydrogen-bond donors (Lipinski definition) is 3. The third kappa shape index (κ3) is 8.05. The maximum absolute atomic E-state index is 13.4. The smallest absolute Gasteiger partial charge is 0.272 e. The van der Waals surface area contributed by atoms with E-state index in [0.29, 0.717) is 28.3 Å². The van der Waals surface area contributed by atoms with Crippen molar-refractivity contribution < 1.29 is 23.5 Å². The van der Waals surface area contributed by atoms with Gasteiger partial charge in [-0.2, -0.15) is 0 Å². The van der Waals surface area contributed by atoms with Crippen LogP contribution in [-0.4, -0.2) is 30.6 Å². The topological polar surface area (TPSA) is 96.5 Å². The minimum absolute atomic E-state index is 0.0188. The van der Waals surface area contributed by atoms with E-state index in [4.69, 9.17) is 4.74 Å². The molecule has 9 heteroatoms. The molecule has 0 aliphatic carbocycles. The van der Waals surface area contributed by atoms with Crippen LogP contribution in [-0.2, 0) is 9.59 Å². The summed E-state index contributed by atoms with van der Waals surface area (Å²) in [5, 5.41) is 8.26. The molecule has 4 rings (SSSR count). The van der Waals surface area contributed by atoms with Gasteiger partial charge in [-0.1, -0.05) is 48.5 Å². The van der Waals surface area contributed by atoms with Crippen LogP contribution in [0, 0.1) is 5.82 Å². The number of amides is 3. The van der Waals surface area contributed by atoms with Gasteiger partial charge in [-0.05, 0) is 66.2 Å². The number of thioether (sulfide) groups is 1. The number of rotatable bonds is 10. The molecule has 4 aromatic carbocycles. The predicted octanol–water partition coefficient (Wildman–Crippen LogP) is 5.97. The van der Waals surface area contributed by atoms with E-state index in [2.05, 4.69) is 16.0 Å². The van der Waals surface area contributed by atoms with Crippen LogP contribution in [0.25, 0.3) is 6.08 Å². The van der Waals surface area contributed by atoms with Gasteiger partial charge in [-0.3, -0.25) is 14.4 Å². The maximum Gasteiger partial charge on any atom is 0.272 e. The maximum atomic E-state index is 13.4. The molecule has 0 aromatic heterocycles. The molecule has 0 saturated carbocycles. The highest BCUT2D eigenvalue weighted by Gasteiger charge is 2.16. The van der Waals surface area contributed by atoms with Crippen molar-refractivity contribution in [2.45, 2.75) is 4.90 Å². The van der Waals surface area contributed by atoms with Gasteiger partial charge < -0.3 is 20.7 Å². The van der Waals surface area contributed by atoms with Crippen molar-refractivity contribution in [3.63, 3.8) is 0 Å². The quantitative estimate of drug-likeness (QED) is 0.165. The highest BCUT2D eigenvalue weighted by atomic mass is 32.2. The van der Waals surface area contributed by atoms with Crippen molar-refractivity contribution >= 4 is 46.9 Å². The number of ether oxygens (including phenoxy) is 1. The largest absolute Gasteiger partial charge is 0.495 e. The summed E-state index contributed by atoms with van der Waals surface area (Å²) in [4.78, 5) is 39.3. The van der Waals surface area contributed by atoms with Crippen molar-refractivity contribution in [1.82, 2.24) is 5.32 Å². The fraction of sp³-hybridized carbons (Fsp3) is 0.0645. The molecule has 3 N–H and O–H groups in total. The van der Waals surface area contributed by atoms with Crippen molar-refractivity contribution in [2.75, 3.05) is 23.5 Å². The molecule has 0 spiro atoms. The zero-order chi connectivity index (χ0) is 28.3. The lowest BCUT2D eigenvalue weighted by Gasteiger charge is -2.12. The first-order valence-electron chi connectivity index (χ1n) is 12.2. The van der Waals surface area contributed by atoms with Gasteiger partial charge in [0.05, 0.1) is 18.6 Å². The van der Waals surface area contributed by atoms with Crippen molar-refractivity contribution in [2.24, 2.45) is 0 Å². The summed E-state index contributed by atoms with van der Waals surface area (Å²) in [5.41, 5.74) is 1.94. The van der Waals surface area contributed by atoms with Gasteiger partial charge in [0.15, 0.2) is 0 Å². The van der Waals surface area contributed by atoms with Gasteiger partial charge >= 0.3 is 0 Å². The number of carbonyl (C=O) groups is 3. The molecule has 7 nitrogen and oxygen atoms in total. The second kappa shape index (κ2) is 13.8.